The maximum Gasteiger partial charge on any atom is 0.289 e. The fraction of sp³-hybridized carbons (Fsp3) is 0.381. The fourth-order valence-electron chi connectivity index (χ4n) is 3.54. The number of anilines is 1. The topological polar surface area (TPSA) is 115 Å². The van der Waals surface area contributed by atoms with Crippen LogP contribution in [0.15, 0.2) is 30.5 Å². The van der Waals surface area contributed by atoms with Crippen molar-refractivity contribution in [2.75, 3.05) is 18.0 Å². The summed E-state index contributed by atoms with van der Waals surface area (Å²) in [6, 6.07) is 7.56. The van der Waals surface area contributed by atoms with E-state index in [1.807, 2.05) is 24.3 Å². The van der Waals surface area contributed by atoms with E-state index in [0.29, 0.717) is 19.0 Å². The molecule has 30 heavy (non-hydrogen) atoms. The third-order valence-corrected chi connectivity index (χ3v) is 5.03. The molecule has 0 saturated carbocycles. The minimum Gasteiger partial charge on any atom is -0.344 e. The number of piperidine rings is 1. The molecule has 1 unspecified atom stereocenters. The largest absolute Gasteiger partial charge is 0.344 e. The first kappa shape index (κ1) is 19.8. The molecular formula is C21H24N8O. The molecule has 9 nitrogen and oxygen atoms in total. The van der Waals surface area contributed by atoms with Gasteiger partial charge in [0, 0.05) is 25.3 Å². The average molecular weight is 404 g/mol. The molecule has 9 heteroatoms. The van der Waals surface area contributed by atoms with Crippen LogP contribution in [0.25, 0.3) is 11.0 Å². The van der Waals surface area contributed by atoms with Crippen LogP contribution in [0.1, 0.15) is 36.1 Å². The van der Waals surface area contributed by atoms with Gasteiger partial charge in [-0.3, -0.25) is 14.3 Å². The van der Waals surface area contributed by atoms with Crippen LogP contribution < -0.4 is 16.0 Å². The maximum absolute atomic E-state index is 12.9. The van der Waals surface area contributed by atoms with Crippen molar-refractivity contribution >= 4 is 22.9 Å². The molecule has 3 aromatic heterocycles. The smallest absolute Gasteiger partial charge is 0.289 e. The Morgan fingerprint density at radius 3 is 3.03 bits per heavy atom. The molecule has 1 amide bonds. The Balaban J connectivity index is 1.52. The van der Waals surface area contributed by atoms with Crippen LogP contribution in [-0.2, 0) is 13.1 Å². The van der Waals surface area contributed by atoms with E-state index in [1.54, 1.807) is 17.7 Å². The molecule has 0 aliphatic carbocycles. The zero-order chi connectivity index (χ0) is 20.9. The minimum atomic E-state index is -0.318. The van der Waals surface area contributed by atoms with Gasteiger partial charge in [-0.2, -0.15) is 0 Å². The van der Waals surface area contributed by atoms with E-state index < -0.39 is 0 Å². The molecule has 0 radical (unpaired) electrons. The second-order valence-electron chi connectivity index (χ2n) is 7.21. The monoisotopic (exact) mass is 404 g/mol. The van der Waals surface area contributed by atoms with Crippen molar-refractivity contribution in [1.29, 1.82) is 0 Å². The Morgan fingerprint density at radius 1 is 1.30 bits per heavy atom. The second-order valence-corrected chi connectivity index (χ2v) is 7.21. The molecule has 0 spiro atoms. The highest BCUT2D eigenvalue weighted by Gasteiger charge is 2.25. The number of hydrogen-bond acceptors (Lipinski definition) is 7. The lowest BCUT2D eigenvalue weighted by Gasteiger charge is -2.31. The number of rotatable bonds is 5. The number of hydrogen-bond donors (Lipinski definition) is 2. The van der Waals surface area contributed by atoms with Gasteiger partial charge in [0.15, 0.2) is 0 Å². The Hall–Kier alpha value is -3.51. The predicted octanol–water partition coefficient (Wildman–Crippen LogP) is 1.10. The summed E-state index contributed by atoms with van der Waals surface area (Å²) in [5, 5.41) is 11.3. The van der Waals surface area contributed by atoms with Gasteiger partial charge in [-0.1, -0.05) is 5.92 Å². The summed E-state index contributed by atoms with van der Waals surface area (Å²) >= 11 is 0. The number of pyridine rings is 2. The molecule has 1 fully saturated rings. The van der Waals surface area contributed by atoms with Gasteiger partial charge >= 0.3 is 0 Å². The number of nitrogens with one attached hydrogen (secondary N) is 1. The summed E-state index contributed by atoms with van der Waals surface area (Å²) in [5.41, 5.74) is 8.46. The summed E-state index contributed by atoms with van der Waals surface area (Å²) in [6.07, 6.45) is 3.70. The molecule has 1 aliphatic heterocycles. The normalized spacial score (nSPS) is 16.2. The quantitative estimate of drug-likeness (QED) is 0.612. The molecule has 1 aliphatic rings. The van der Waals surface area contributed by atoms with E-state index in [-0.39, 0.29) is 24.3 Å². The molecule has 154 valence electrons. The Kier molecular flexibility index (Phi) is 5.86. The summed E-state index contributed by atoms with van der Waals surface area (Å²) < 4.78 is 1.75. The van der Waals surface area contributed by atoms with E-state index in [1.165, 1.54) is 0 Å². The SMILES string of the molecule is CC#CCn1c(C(=O)NCc2ccc3ncccc3n2)nnc1N1CCCC(N)C1. The van der Waals surface area contributed by atoms with Crippen LogP contribution in [-0.4, -0.2) is 49.8 Å². The average Bonchev–Trinajstić information content (AvgIpc) is 3.20. The molecule has 0 bridgehead atoms. The number of fused-ring (bicyclic) bond motifs is 1. The van der Waals surface area contributed by atoms with Crippen molar-refractivity contribution in [2.45, 2.75) is 38.9 Å². The lowest BCUT2D eigenvalue weighted by molar-refractivity contribution is 0.0936. The number of nitrogens with two attached hydrogens (primary N) is 1. The first-order valence-electron chi connectivity index (χ1n) is 9.98. The van der Waals surface area contributed by atoms with Gasteiger partial charge < -0.3 is 16.0 Å². The first-order chi connectivity index (χ1) is 14.7. The molecular weight excluding hydrogens is 380 g/mol. The number of nitrogens with zero attached hydrogens (tertiary/aromatic N) is 6. The number of carbonyl (C=O) groups excluding carboxylic acids is 1. The highest BCUT2D eigenvalue weighted by molar-refractivity contribution is 5.91. The van der Waals surface area contributed by atoms with Crippen LogP contribution in [0.4, 0.5) is 5.95 Å². The third kappa shape index (κ3) is 4.23. The van der Waals surface area contributed by atoms with E-state index in [9.17, 15) is 4.79 Å². The lowest BCUT2D eigenvalue weighted by Crippen LogP contribution is -2.44. The van der Waals surface area contributed by atoms with Crippen LogP contribution >= 0.6 is 0 Å². The summed E-state index contributed by atoms with van der Waals surface area (Å²) in [7, 11) is 0. The van der Waals surface area contributed by atoms with Crippen LogP contribution in [0, 0.1) is 11.8 Å². The maximum atomic E-state index is 12.9. The van der Waals surface area contributed by atoms with Crippen molar-refractivity contribution in [3.8, 4) is 11.8 Å². The van der Waals surface area contributed by atoms with Gasteiger partial charge in [0.25, 0.3) is 5.91 Å². The summed E-state index contributed by atoms with van der Waals surface area (Å²) in [5.74, 6) is 6.42. The third-order valence-electron chi connectivity index (χ3n) is 5.03. The fourth-order valence-corrected chi connectivity index (χ4v) is 3.54. The standard InChI is InChI=1S/C21H24N8O/c1-2-3-12-29-19(26-27-21(29)28-11-5-6-15(22)14-28)20(30)24-13-16-8-9-17-18(25-16)7-4-10-23-17/h4,7-10,15H,5-6,11-14,22H2,1H3,(H,24,30). The second kappa shape index (κ2) is 8.88. The van der Waals surface area contributed by atoms with E-state index in [4.69, 9.17) is 5.73 Å². The van der Waals surface area contributed by atoms with Crippen molar-refractivity contribution < 1.29 is 4.79 Å². The van der Waals surface area contributed by atoms with Gasteiger partial charge in [-0.05, 0) is 44.0 Å². The molecule has 4 heterocycles. The minimum absolute atomic E-state index is 0.0897. The number of amides is 1. The molecule has 0 aromatic carbocycles. The van der Waals surface area contributed by atoms with Gasteiger partial charge in [0.1, 0.15) is 0 Å². The van der Waals surface area contributed by atoms with Gasteiger partial charge in [0.05, 0.1) is 29.8 Å². The van der Waals surface area contributed by atoms with Crippen LogP contribution in [0.2, 0.25) is 0 Å². The van der Waals surface area contributed by atoms with E-state index in [0.717, 1.165) is 36.1 Å². The molecule has 3 N–H and O–H groups in total. The molecule has 1 saturated heterocycles. The van der Waals surface area contributed by atoms with Crippen LogP contribution in [0.5, 0.6) is 0 Å². The number of aromatic nitrogens is 5. The van der Waals surface area contributed by atoms with Crippen molar-refractivity contribution in [3.05, 3.63) is 42.0 Å². The Bertz CT molecular complexity index is 1110. The Morgan fingerprint density at radius 2 is 2.20 bits per heavy atom. The lowest BCUT2D eigenvalue weighted by atomic mass is 10.1. The number of carbonyl (C=O) groups is 1. The van der Waals surface area contributed by atoms with Crippen LogP contribution in [0.3, 0.4) is 0 Å². The molecule has 1 atom stereocenters. The highest BCUT2D eigenvalue weighted by Crippen LogP contribution is 2.19. The first-order valence-corrected chi connectivity index (χ1v) is 9.98. The van der Waals surface area contributed by atoms with Gasteiger partial charge in [-0.25, -0.2) is 4.98 Å². The zero-order valence-corrected chi connectivity index (χ0v) is 16.9. The highest BCUT2D eigenvalue weighted by atomic mass is 16.2. The Labute approximate surface area is 174 Å². The molecule has 4 rings (SSSR count). The van der Waals surface area contributed by atoms with E-state index >= 15 is 0 Å². The summed E-state index contributed by atoms with van der Waals surface area (Å²) in [4.78, 5) is 23.7. The van der Waals surface area contributed by atoms with Crippen molar-refractivity contribution in [3.63, 3.8) is 0 Å². The van der Waals surface area contributed by atoms with Gasteiger partial charge in [0.2, 0.25) is 11.8 Å². The van der Waals surface area contributed by atoms with Gasteiger partial charge in [-0.15, -0.1) is 16.1 Å². The van der Waals surface area contributed by atoms with E-state index in [2.05, 4.69) is 42.2 Å². The van der Waals surface area contributed by atoms with Crippen molar-refractivity contribution in [1.82, 2.24) is 30.0 Å². The summed E-state index contributed by atoms with van der Waals surface area (Å²) in [6.45, 7) is 3.91. The van der Waals surface area contributed by atoms with Crippen molar-refractivity contribution in [2.24, 2.45) is 5.73 Å². The zero-order valence-electron chi connectivity index (χ0n) is 16.9. The predicted molar refractivity (Wildman–Crippen MR) is 114 cm³/mol. The molecule has 3 aromatic rings.